The Kier molecular flexibility index (Phi) is 6.33. The number of ether oxygens (including phenoxy) is 2. The molecular formula is C28H42O5. The lowest BCUT2D eigenvalue weighted by Crippen LogP contribution is -2.59. The van der Waals surface area contributed by atoms with Crippen molar-refractivity contribution in [1.29, 1.82) is 0 Å². The summed E-state index contributed by atoms with van der Waals surface area (Å²) in [6.45, 7) is 13.0. The summed E-state index contributed by atoms with van der Waals surface area (Å²) in [5, 5.41) is 0. The van der Waals surface area contributed by atoms with Crippen molar-refractivity contribution in [3.8, 4) is 0 Å². The highest BCUT2D eigenvalue weighted by atomic mass is 16.6. The van der Waals surface area contributed by atoms with Gasteiger partial charge in [0.1, 0.15) is 12.2 Å². The van der Waals surface area contributed by atoms with Gasteiger partial charge in [-0.15, -0.1) is 0 Å². The molecule has 0 radical (unpaired) electrons. The second kappa shape index (κ2) is 8.53. The summed E-state index contributed by atoms with van der Waals surface area (Å²) in [7, 11) is 0. The molecule has 5 nitrogen and oxygen atoms in total. The van der Waals surface area contributed by atoms with Crippen LogP contribution in [0.2, 0.25) is 0 Å². The monoisotopic (exact) mass is 458 g/mol. The lowest BCUT2D eigenvalue weighted by molar-refractivity contribution is -0.185. The number of esters is 2. The summed E-state index contributed by atoms with van der Waals surface area (Å²) < 4.78 is 12.0. The van der Waals surface area contributed by atoms with Crippen LogP contribution in [0, 0.1) is 40.4 Å². The van der Waals surface area contributed by atoms with Gasteiger partial charge in [0.25, 0.3) is 0 Å². The Morgan fingerprint density at radius 3 is 2.36 bits per heavy atom. The van der Waals surface area contributed by atoms with E-state index in [1.54, 1.807) is 0 Å². The Hall–Kier alpha value is -1.65. The SMILES string of the molecule is CCC(=O)OC[C@@]12C(=CC(=O)C[C@@H]1C)[C@@H](C)C[C@@H]1[C@@H]2CC[C@@]2(C)[C@H]1CC[C@]2(C)OC(=O)CC. The first-order valence-electron chi connectivity index (χ1n) is 13.1. The fraction of sp³-hybridized carbons (Fsp3) is 0.821. The third kappa shape index (κ3) is 3.60. The summed E-state index contributed by atoms with van der Waals surface area (Å²) in [4.78, 5) is 37.1. The van der Waals surface area contributed by atoms with Crippen LogP contribution < -0.4 is 0 Å². The minimum Gasteiger partial charge on any atom is -0.465 e. The quantitative estimate of drug-likeness (QED) is 0.498. The predicted octanol–water partition coefficient (Wildman–Crippen LogP) is 5.66. The van der Waals surface area contributed by atoms with Gasteiger partial charge in [0.2, 0.25) is 0 Å². The zero-order valence-electron chi connectivity index (χ0n) is 21.4. The molecule has 0 aromatic carbocycles. The van der Waals surface area contributed by atoms with Crippen LogP contribution in [0.3, 0.4) is 0 Å². The molecule has 0 aromatic heterocycles. The highest BCUT2D eigenvalue weighted by molar-refractivity contribution is 5.92. The van der Waals surface area contributed by atoms with E-state index in [9.17, 15) is 14.4 Å². The normalized spacial score (nSPS) is 44.2. The molecule has 5 heteroatoms. The predicted molar refractivity (Wildman–Crippen MR) is 126 cm³/mol. The standard InChI is InChI=1S/C28H42O5/c1-7-24(30)32-16-28-18(4)14-19(29)15-23(28)17(3)13-20-21-10-12-27(6,33-25(31)8-2)26(21,5)11-9-22(20)28/h15,17-18,20-22H,7-14,16H2,1-6H3/t17-,18-,20-,21-,22-,26-,27-,28+/m0/s1. The van der Waals surface area contributed by atoms with Gasteiger partial charge in [0, 0.05) is 30.1 Å². The van der Waals surface area contributed by atoms with Crippen LogP contribution in [-0.4, -0.2) is 29.9 Å². The maximum atomic E-state index is 12.6. The molecule has 8 atom stereocenters. The van der Waals surface area contributed by atoms with Gasteiger partial charge in [-0.05, 0) is 74.7 Å². The first-order chi connectivity index (χ1) is 15.5. The molecule has 0 heterocycles. The minimum atomic E-state index is -0.426. The zero-order chi connectivity index (χ0) is 24.2. The molecule has 0 aliphatic heterocycles. The molecule has 4 aliphatic carbocycles. The Labute approximate surface area is 199 Å². The summed E-state index contributed by atoms with van der Waals surface area (Å²) >= 11 is 0. The lowest BCUT2D eigenvalue weighted by atomic mass is 9.42. The van der Waals surface area contributed by atoms with Crippen molar-refractivity contribution >= 4 is 17.7 Å². The van der Waals surface area contributed by atoms with Crippen LogP contribution in [0.1, 0.15) is 92.9 Å². The van der Waals surface area contributed by atoms with E-state index in [2.05, 4.69) is 27.7 Å². The van der Waals surface area contributed by atoms with Crippen molar-refractivity contribution in [1.82, 2.24) is 0 Å². The Balaban J connectivity index is 1.73. The van der Waals surface area contributed by atoms with Crippen molar-refractivity contribution in [3.63, 3.8) is 0 Å². The van der Waals surface area contributed by atoms with E-state index in [4.69, 9.17) is 9.47 Å². The highest BCUT2D eigenvalue weighted by Gasteiger charge is 2.66. The molecule has 0 amide bonds. The van der Waals surface area contributed by atoms with Gasteiger partial charge in [-0.2, -0.15) is 0 Å². The number of ketones is 1. The van der Waals surface area contributed by atoms with Gasteiger partial charge in [-0.25, -0.2) is 0 Å². The largest absolute Gasteiger partial charge is 0.465 e. The van der Waals surface area contributed by atoms with Gasteiger partial charge >= 0.3 is 11.9 Å². The van der Waals surface area contributed by atoms with Crippen LogP contribution in [0.4, 0.5) is 0 Å². The first-order valence-corrected chi connectivity index (χ1v) is 13.1. The van der Waals surface area contributed by atoms with Gasteiger partial charge in [0.15, 0.2) is 5.78 Å². The molecular weight excluding hydrogens is 416 g/mol. The van der Waals surface area contributed by atoms with E-state index in [1.165, 1.54) is 5.57 Å². The van der Waals surface area contributed by atoms with E-state index >= 15 is 0 Å². The molecule has 0 unspecified atom stereocenters. The van der Waals surface area contributed by atoms with E-state index in [0.29, 0.717) is 43.6 Å². The fourth-order valence-corrected chi connectivity index (χ4v) is 8.46. The van der Waals surface area contributed by atoms with Gasteiger partial charge in [-0.1, -0.05) is 40.2 Å². The number of carbonyl (C=O) groups is 3. The summed E-state index contributed by atoms with van der Waals surface area (Å²) in [6, 6.07) is 0. The van der Waals surface area contributed by atoms with E-state index in [-0.39, 0.29) is 40.4 Å². The van der Waals surface area contributed by atoms with E-state index < -0.39 is 5.60 Å². The van der Waals surface area contributed by atoms with Crippen molar-refractivity contribution in [2.75, 3.05) is 6.61 Å². The molecule has 0 N–H and O–H groups in total. The highest BCUT2D eigenvalue weighted by Crippen LogP contribution is 2.69. The van der Waals surface area contributed by atoms with Crippen molar-refractivity contribution in [3.05, 3.63) is 11.6 Å². The van der Waals surface area contributed by atoms with E-state index in [1.807, 2.05) is 19.9 Å². The van der Waals surface area contributed by atoms with Crippen LogP contribution in [0.25, 0.3) is 0 Å². The first kappa shape index (κ1) is 24.5. The molecule has 3 saturated carbocycles. The Bertz CT molecular complexity index is 860. The molecule has 0 bridgehead atoms. The number of rotatable bonds is 5. The van der Waals surface area contributed by atoms with Gasteiger partial charge in [0.05, 0.1) is 0 Å². The number of hydrogen-bond acceptors (Lipinski definition) is 5. The van der Waals surface area contributed by atoms with Crippen LogP contribution in [-0.2, 0) is 23.9 Å². The van der Waals surface area contributed by atoms with Crippen molar-refractivity contribution in [2.24, 2.45) is 40.4 Å². The third-order valence-corrected chi connectivity index (χ3v) is 10.4. The average Bonchev–Trinajstić information content (AvgIpc) is 3.03. The van der Waals surface area contributed by atoms with Crippen molar-refractivity contribution < 1.29 is 23.9 Å². The van der Waals surface area contributed by atoms with Crippen molar-refractivity contribution in [2.45, 2.75) is 98.5 Å². The Morgan fingerprint density at radius 1 is 1.03 bits per heavy atom. The molecule has 33 heavy (non-hydrogen) atoms. The second-order valence-corrected chi connectivity index (χ2v) is 11.8. The summed E-state index contributed by atoms with van der Waals surface area (Å²) in [6.07, 6.45) is 8.24. The maximum absolute atomic E-state index is 12.6. The summed E-state index contributed by atoms with van der Waals surface area (Å²) in [5.41, 5.74) is 0.486. The van der Waals surface area contributed by atoms with Crippen LogP contribution >= 0.6 is 0 Å². The van der Waals surface area contributed by atoms with E-state index in [0.717, 1.165) is 32.1 Å². The molecule has 4 rings (SSSR count). The van der Waals surface area contributed by atoms with Gasteiger partial charge in [-0.3, -0.25) is 14.4 Å². The molecule has 0 aromatic rings. The topological polar surface area (TPSA) is 69.7 Å². The summed E-state index contributed by atoms with van der Waals surface area (Å²) in [5.74, 6) is 1.71. The lowest BCUT2D eigenvalue weighted by Gasteiger charge is -2.62. The molecule has 3 fully saturated rings. The molecule has 184 valence electrons. The molecule has 4 aliphatic rings. The molecule has 0 saturated heterocycles. The number of fused-ring (bicyclic) bond motifs is 5. The zero-order valence-corrected chi connectivity index (χ0v) is 21.4. The molecule has 0 spiro atoms. The Morgan fingerprint density at radius 2 is 1.70 bits per heavy atom. The number of carbonyl (C=O) groups excluding carboxylic acids is 3. The van der Waals surface area contributed by atoms with Crippen LogP contribution in [0.15, 0.2) is 11.6 Å². The third-order valence-electron chi connectivity index (χ3n) is 10.4. The number of hydrogen-bond donors (Lipinski definition) is 0. The van der Waals surface area contributed by atoms with Gasteiger partial charge < -0.3 is 9.47 Å². The smallest absolute Gasteiger partial charge is 0.306 e. The second-order valence-electron chi connectivity index (χ2n) is 11.8. The minimum absolute atomic E-state index is 0.0467. The van der Waals surface area contributed by atoms with Crippen LogP contribution in [0.5, 0.6) is 0 Å². The average molecular weight is 459 g/mol. The fourth-order valence-electron chi connectivity index (χ4n) is 8.46. The maximum Gasteiger partial charge on any atom is 0.306 e.